The van der Waals surface area contributed by atoms with Gasteiger partial charge in [-0.15, -0.1) is 0 Å². The van der Waals surface area contributed by atoms with Gasteiger partial charge >= 0.3 is 0 Å². The van der Waals surface area contributed by atoms with Gasteiger partial charge in [-0.25, -0.2) is 0 Å². The minimum absolute atomic E-state index is 0.276. The lowest BCUT2D eigenvalue weighted by Crippen LogP contribution is -2.50. The van der Waals surface area contributed by atoms with E-state index in [0.29, 0.717) is 16.8 Å². The molecule has 0 heterocycles. The van der Waals surface area contributed by atoms with Crippen LogP contribution < -0.4 is 0 Å². The molecule has 2 fully saturated rings. The molecule has 0 aromatic heterocycles. The maximum Gasteiger partial charge on any atom is 0.141 e. The smallest absolute Gasteiger partial charge is 0.141 e. The summed E-state index contributed by atoms with van der Waals surface area (Å²) in [4.78, 5) is 11.7. The molecule has 0 bridgehead atoms. The standard InChI is InChI=1S/C10H15IO2/c1-9-4-2-7(11)6-10(9,13)5-3-8(9)12/h7,13H,2-6H2,1H3/t7-,9-,10+/m1/s1. The van der Waals surface area contributed by atoms with E-state index in [1.807, 2.05) is 6.92 Å². The van der Waals surface area contributed by atoms with E-state index in [4.69, 9.17) is 0 Å². The second kappa shape index (κ2) is 2.92. The normalized spacial score (nSPS) is 50.7. The van der Waals surface area contributed by atoms with E-state index in [9.17, 15) is 9.90 Å². The molecule has 0 saturated heterocycles. The van der Waals surface area contributed by atoms with Gasteiger partial charge in [-0.2, -0.15) is 0 Å². The summed E-state index contributed by atoms with van der Waals surface area (Å²) in [6.45, 7) is 1.95. The maximum atomic E-state index is 11.7. The van der Waals surface area contributed by atoms with Gasteiger partial charge in [0.1, 0.15) is 5.78 Å². The van der Waals surface area contributed by atoms with Crippen LogP contribution in [0.1, 0.15) is 39.0 Å². The number of hydrogen-bond acceptors (Lipinski definition) is 2. The summed E-state index contributed by atoms with van der Waals surface area (Å²) in [5, 5.41) is 10.4. The SMILES string of the molecule is C[C@]12CC[C@@H](I)C[C@@]1(O)CCC2=O. The van der Waals surface area contributed by atoms with Crippen LogP contribution in [-0.4, -0.2) is 20.4 Å². The van der Waals surface area contributed by atoms with Crippen molar-refractivity contribution in [3.63, 3.8) is 0 Å². The summed E-state index contributed by atoms with van der Waals surface area (Å²) < 4.78 is 0.543. The number of halogens is 1. The van der Waals surface area contributed by atoms with E-state index in [0.717, 1.165) is 19.3 Å². The molecule has 2 rings (SSSR count). The summed E-state index contributed by atoms with van der Waals surface area (Å²) in [5.74, 6) is 0.276. The molecule has 2 aliphatic carbocycles. The van der Waals surface area contributed by atoms with Crippen LogP contribution >= 0.6 is 22.6 Å². The third-order valence-corrected chi connectivity index (χ3v) is 4.99. The third-order valence-electron chi connectivity index (χ3n) is 3.92. The lowest BCUT2D eigenvalue weighted by atomic mass is 9.66. The van der Waals surface area contributed by atoms with E-state index in [-0.39, 0.29) is 5.78 Å². The quantitative estimate of drug-likeness (QED) is 0.548. The first-order valence-electron chi connectivity index (χ1n) is 4.88. The van der Waals surface area contributed by atoms with Crippen LogP contribution in [0.3, 0.4) is 0 Å². The molecule has 0 radical (unpaired) electrons. The van der Waals surface area contributed by atoms with Crippen molar-refractivity contribution in [2.24, 2.45) is 5.41 Å². The molecule has 0 aliphatic heterocycles. The van der Waals surface area contributed by atoms with Gasteiger partial charge in [-0.3, -0.25) is 4.79 Å². The number of alkyl halides is 1. The monoisotopic (exact) mass is 294 g/mol. The summed E-state index contributed by atoms with van der Waals surface area (Å²) in [6.07, 6.45) is 4.01. The van der Waals surface area contributed by atoms with Gasteiger partial charge < -0.3 is 5.11 Å². The minimum atomic E-state index is -0.686. The molecule has 2 nitrogen and oxygen atoms in total. The molecule has 0 unspecified atom stereocenters. The molecule has 0 spiro atoms. The Morgan fingerprint density at radius 3 is 2.92 bits per heavy atom. The first-order chi connectivity index (χ1) is 5.98. The summed E-state index contributed by atoms with van der Waals surface area (Å²) >= 11 is 2.39. The van der Waals surface area contributed by atoms with E-state index >= 15 is 0 Å². The van der Waals surface area contributed by atoms with Gasteiger partial charge in [0.2, 0.25) is 0 Å². The Bertz CT molecular complexity index is 253. The highest BCUT2D eigenvalue weighted by atomic mass is 127. The fourth-order valence-electron chi connectivity index (χ4n) is 2.74. The van der Waals surface area contributed by atoms with Crippen molar-refractivity contribution in [2.45, 2.75) is 48.6 Å². The number of fused-ring (bicyclic) bond motifs is 1. The maximum absolute atomic E-state index is 11.7. The molecule has 0 amide bonds. The fraction of sp³-hybridized carbons (Fsp3) is 0.900. The molecule has 0 aromatic carbocycles. The topological polar surface area (TPSA) is 37.3 Å². The number of ketones is 1. The van der Waals surface area contributed by atoms with Crippen LogP contribution in [0.2, 0.25) is 0 Å². The lowest BCUT2D eigenvalue weighted by molar-refractivity contribution is -0.139. The van der Waals surface area contributed by atoms with Gasteiger partial charge in [0, 0.05) is 10.3 Å². The number of carbonyl (C=O) groups excluding carboxylic acids is 1. The Kier molecular flexibility index (Phi) is 2.23. The molecule has 2 aliphatic rings. The number of hydrogen-bond donors (Lipinski definition) is 1. The van der Waals surface area contributed by atoms with Crippen LogP contribution in [0, 0.1) is 5.41 Å². The number of Topliss-reactive ketones (excluding diaryl/α,β-unsaturated/α-hetero) is 1. The summed E-state index contributed by atoms with van der Waals surface area (Å²) in [6, 6.07) is 0. The number of rotatable bonds is 0. The Hall–Kier alpha value is 0.360. The highest BCUT2D eigenvalue weighted by Crippen LogP contribution is 2.53. The van der Waals surface area contributed by atoms with Crippen LogP contribution in [0.15, 0.2) is 0 Å². The van der Waals surface area contributed by atoms with E-state index in [1.165, 1.54) is 0 Å². The predicted molar refractivity (Wildman–Crippen MR) is 59.0 cm³/mol. The minimum Gasteiger partial charge on any atom is -0.389 e. The van der Waals surface area contributed by atoms with Crippen LogP contribution in [0.4, 0.5) is 0 Å². The summed E-state index contributed by atoms with van der Waals surface area (Å²) in [7, 11) is 0. The van der Waals surface area contributed by atoms with Gasteiger partial charge in [-0.1, -0.05) is 22.6 Å². The molecule has 3 heteroatoms. The Labute approximate surface area is 92.2 Å². The molecular formula is C10H15IO2. The van der Waals surface area contributed by atoms with Crippen molar-refractivity contribution in [3.8, 4) is 0 Å². The van der Waals surface area contributed by atoms with Crippen molar-refractivity contribution < 1.29 is 9.90 Å². The van der Waals surface area contributed by atoms with Gasteiger partial charge in [0.15, 0.2) is 0 Å². The van der Waals surface area contributed by atoms with E-state index < -0.39 is 11.0 Å². The largest absolute Gasteiger partial charge is 0.389 e. The zero-order valence-corrected chi connectivity index (χ0v) is 10.0. The average molecular weight is 294 g/mol. The zero-order chi connectivity index (χ0) is 9.69. The Morgan fingerprint density at radius 1 is 1.54 bits per heavy atom. The Morgan fingerprint density at radius 2 is 2.23 bits per heavy atom. The van der Waals surface area contributed by atoms with Crippen molar-refractivity contribution in [1.82, 2.24) is 0 Å². The van der Waals surface area contributed by atoms with Gasteiger partial charge in [-0.05, 0) is 32.6 Å². The molecule has 13 heavy (non-hydrogen) atoms. The molecular weight excluding hydrogens is 279 g/mol. The molecule has 0 aromatic rings. The van der Waals surface area contributed by atoms with Crippen molar-refractivity contribution in [2.75, 3.05) is 0 Å². The third kappa shape index (κ3) is 1.27. The second-order valence-corrected chi connectivity index (χ2v) is 6.39. The Balaban J connectivity index is 2.32. The highest BCUT2D eigenvalue weighted by Gasteiger charge is 2.58. The second-order valence-electron chi connectivity index (χ2n) is 4.63. The molecule has 3 atom stereocenters. The van der Waals surface area contributed by atoms with Crippen molar-refractivity contribution >= 4 is 28.4 Å². The van der Waals surface area contributed by atoms with Crippen molar-refractivity contribution in [1.29, 1.82) is 0 Å². The molecule has 2 saturated carbocycles. The van der Waals surface area contributed by atoms with E-state index in [2.05, 4.69) is 22.6 Å². The van der Waals surface area contributed by atoms with Crippen LogP contribution in [0.5, 0.6) is 0 Å². The zero-order valence-electron chi connectivity index (χ0n) is 7.85. The van der Waals surface area contributed by atoms with Crippen molar-refractivity contribution in [3.05, 3.63) is 0 Å². The number of aliphatic hydroxyl groups is 1. The molecule has 74 valence electrons. The van der Waals surface area contributed by atoms with Crippen LogP contribution in [-0.2, 0) is 4.79 Å². The van der Waals surface area contributed by atoms with Gasteiger partial charge in [0.05, 0.1) is 11.0 Å². The fourth-order valence-corrected chi connectivity index (χ4v) is 3.78. The van der Waals surface area contributed by atoms with Crippen LogP contribution in [0.25, 0.3) is 0 Å². The first kappa shape index (κ1) is 9.90. The van der Waals surface area contributed by atoms with E-state index in [1.54, 1.807) is 0 Å². The molecule has 1 N–H and O–H groups in total. The first-order valence-corrected chi connectivity index (χ1v) is 6.12. The lowest BCUT2D eigenvalue weighted by Gasteiger charge is -2.44. The number of carbonyl (C=O) groups is 1. The average Bonchev–Trinajstić information content (AvgIpc) is 2.28. The van der Waals surface area contributed by atoms with Gasteiger partial charge in [0.25, 0.3) is 0 Å². The summed E-state index contributed by atoms with van der Waals surface area (Å²) in [5.41, 5.74) is -1.11. The predicted octanol–water partition coefficient (Wildman–Crippen LogP) is 2.07. The highest BCUT2D eigenvalue weighted by molar-refractivity contribution is 14.1.